The molecule has 0 aromatic heterocycles. The fraction of sp³-hybridized carbons (Fsp3) is 0.250. The Kier molecular flexibility index (Phi) is 4.91. The molecule has 6 heteroatoms. The van der Waals surface area contributed by atoms with Gasteiger partial charge in [-0.3, -0.25) is 0 Å². The van der Waals surface area contributed by atoms with Gasteiger partial charge in [0.15, 0.2) is 22.2 Å². The standard InChI is InChI=1S/C12H14O5S/c1-4-10(13)17-11-8(3)6-7-9(18(14)15)12(11)16-5-2/h4,6-7,18H,1,5H2,2-3H3. The molecule has 0 aliphatic heterocycles. The minimum absolute atomic E-state index is 0.00990. The lowest BCUT2D eigenvalue weighted by atomic mass is 10.2. The molecule has 0 radical (unpaired) electrons. The highest BCUT2D eigenvalue weighted by Gasteiger charge is 2.17. The van der Waals surface area contributed by atoms with Crippen LogP contribution in [0.15, 0.2) is 29.7 Å². The zero-order chi connectivity index (χ0) is 13.7. The van der Waals surface area contributed by atoms with E-state index in [-0.39, 0.29) is 23.0 Å². The maximum absolute atomic E-state index is 11.2. The van der Waals surface area contributed by atoms with Gasteiger partial charge >= 0.3 is 5.97 Å². The first-order valence-electron chi connectivity index (χ1n) is 5.26. The molecule has 18 heavy (non-hydrogen) atoms. The lowest BCUT2D eigenvalue weighted by molar-refractivity contribution is -0.129. The molecule has 0 bridgehead atoms. The number of hydrogen-bond donors (Lipinski definition) is 1. The zero-order valence-electron chi connectivity index (χ0n) is 10.1. The molecule has 0 fully saturated rings. The number of carbonyl (C=O) groups excluding carboxylic acids is 1. The average molecular weight is 270 g/mol. The van der Waals surface area contributed by atoms with Crippen LogP contribution >= 0.6 is 0 Å². The summed E-state index contributed by atoms with van der Waals surface area (Å²) in [5, 5.41) is 0. The Balaban J connectivity index is 3.39. The van der Waals surface area contributed by atoms with Gasteiger partial charge in [0.2, 0.25) is 0 Å². The van der Waals surface area contributed by atoms with Crippen LogP contribution in [0, 0.1) is 6.92 Å². The first-order valence-corrected chi connectivity index (χ1v) is 6.44. The van der Waals surface area contributed by atoms with Gasteiger partial charge in [-0.05, 0) is 25.5 Å². The Morgan fingerprint density at radius 1 is 1.39 bits per heavy atom. The van der Waals surface area contributed by atoms with Crippen LogP contribution in [0.25, 0.3) is 0 Å². The van der Waals surface area contributed by atoms with E-state index in [1.54, 1.807) is 19.9 Å². The van der Waals surface area contributed by atoms with Crippen LogP contribution in [0.1, 0.15) is 12.5 Å². The molecule has 0 atom stereocenters. The molecule has 0 N–H and O–H groups in total. The van der Waals surface area contributed by atoms with E-state index in [0.717, 1.165) is 6.08 Å². The maximum Gasteiger partial charge on any atom is 0.335 e. The van der Waals surface area contributed by atoms with Gasteiger partial charge in [-0.2, -0.15) is 0 Å². The molecule has 0 saturated heterocycles. The van der Waals surface area contributed by atoms with Crippen LogP contribution in [-0.4, -0.2) is 21.0 Å². The van der Waals surface area contributed by atoms with Crippen LogP contribution < -0.4 is 9.47 Å². The minimum Gasteiger partial charge on any atom is -0.489 e. The van der Waals surface area contributed by atoms with Crippen molar-refractivity contribution in [3.63, 3.8) is 0 Å². The van der Waals surface area contributed by atoms with E-state index in [2.05, 4.69) is 6.58 Å². The van der Waals surface area contributed by atoms with Crippen LogP contribution in [0.3, 0.4) is 0 Å². The number of esters is 1. The predicted molar refractivity (Wildman–Crippen MR) is 66.8 cm³/mol. The van der Waals surface area contributed by atoms with Gasteiger partial charge < -0.3 is 9.47 Å². The molecule has 0 amide bonds. The third-order valence-corrected chi connectivity index (χ3v) is 2.89. The summed E-state index contributed by atoms with van der Waals surface area (Å²) < 4.78 is 32.5. The molecule has 98 valence electrons. The molecular weight excluding hydrogens is 256 g/mol. The molecule has 1 rings (SSSR count). The number of ether oxygens (including phenoxy) is 2. The van der Waals surface area contributed by atoms with Gasteiger partial charge in [-0.15, -0.1) is 0 Å². The van der Waals surface area contributed by atoms with E-state index in [9.17, 15) is 13.2 Å². The Labute approximate surface area is 107 Å². The number of hydrogen-bond acceptors (Lipinski definition) is 5. The van der Waals surface area contributed by atoms with E-state index in [4.69, 9.17) is 9.47 Å². The Hall–Kier alpha value is -1.82. The molecule has 0 spiro atoms. The van der Waals surface area contributed by atoms with Crippen molar-refractivity contribution in [2.75, 3.05) is 6.61 Å². The first-order chi connectivity index (χ1) is 8.51. The van der Waals surface area contributed by atoms with Gasteiger partial charge in [-0.1, -0.05) is 12.6 Å². The van der Waals surface area contributed by atoms with Crippen LogP contribution in [0.2, 0.25) is 0 Å². The molecule has 0 heterocycles. The van der Waals surface area contributed by atoms with Crippen molar-refractivity contribution >= 4 is 16.7 Å². The first kappa shape index (κ1) is 14.2. The summed E-state index contributed by atoms with van der Waals surface area (Å²) in [6, 6.07) is 2.96. The Morgan fingerprint density at radius 3 is 2.56 bits per heavy atom. The third kappa shape index (κ3) is 3.10. The highest BCUT2D eigenvalue weighted by Crippen LogP contribution is 2.35. The predicted octanol–water partition coefficient (Wildman–Crippen LogP) is 1.46. The summed E-state index contributed by atoms with van der Waals surface area (Å²) in [6.07, 6.45) is 0.999. The number of aryl methyl sites for hydroxylation is 1. The van der Waals surface area contributed by atoms with Crippen molar-refractivity contribution < 1.29 is 22.7 Å². The lowest BCUT2D eigenvalue weighted by Crippen LogP contribution is -2.08. The topological polar surface area (TPSA) is 69.7 Å². The normalized spacial score (nSPS) is 10.2. The number of benzene rings is 1. The van der Waals surface area contributed by atoms with E-state index >= 15 is 0 Å². The second-order valence-corrected chi connectivity index (χ2v) is 4.37. The summed E-state index contributed by atoms with van der Waals surface area (Å²) in [5.74, 6) is -0.500. The number of rotatable bonds is 5. The SMILES string of the molecule is C=CC(=O)Oc1c(C)ccc([SH](=O)=O)c1OCC. The van der Waals surface area contributed by atoms with Crippen LogP contribution in [0.5, 0.6) is 11.5 Å². The summed E-state index contributed by atoms with van der Waals surface area (Å²) in [4.78, 5) is 11.2. The second kappa shape index (κ2) is 6.20. The van der Waals surface area contributed by atoms with Crippen molar-refractivity contribution in [2.45, 2.75) is 18.7 Å². The Morgan fingerprint density at radius 2 is 2.06 bits per heavy atom. The number of carbonyl (C=O) groups is 1. The molecule has 0 saturated carbocycles. The van der Waals surface area contributed by atoms with Crippen molar-refractivity contribution in [1.82, 2.24) is 0 Å². The van der Waals surface area contributed by atoms with Crippen molar-refractivity contribution in [2.24, 2.45) is 0 Å². The van der Waals surface area contributed by atoms with Crippen molar-refractivity contribution in [3.8, 4) is 11.5 Å². The highest BCUT2D eigenvalue weighted by molar-refractivity contribution is 7.72. The molecule has 1 aromatic rings. The summed E-state index contributed by atoms with van der Waals surface area (Å²) in [6.45, 7) is 6.95. The van der Waals surface area contributed by atoms with E-state index < -0.39 is 16.7 Å². The molecule has 1 aromatic carbocycles. The average Bonchev–Trinajstić information content (AvgIpc) is 2.33. The van der Waals surface area contributed by atoms with Crippen LogP contribution in [0.4, 0.5) is 0 Å². The largest absolute Gasteiger partial charge is 0.489 e. The number of thiol groups is 1. The monoisotopic (exact) mass is 270 g/mol. The van der Waals surface area contributed by atoms with Crippen molar-refractivity contribution in [1.29, 1.82) is 0 Å². The van der Waals surface area contributed by atoms with Crippen LogP contribution in [-0.2, 0) is 15.5 Å². The smallest absolute Gasteiger partial charge is 0.335 e. The van der Waals surface area contributed by atoms with Gasteiger partial charge in [0.25, 0.3) is 0 Å². The fourth-order valence-corrected chi connectivity index (χ4v) is 1.88. The van der Waals surface area contributed by atoms with E-state index in [1.165, 1.54) is 6.07 Å². The summed E-state index contributed by atoms with van der Waals surface area (Å²) in [5.41, 5.74) is 0.606. The molecule has 0 aliphatic carbocycles. The molecular formula is C12H14O5S. The summed E-state index contributed by atoms with van der Waals surface area (Å²) >= 11 is 0. The zero-order valence-corrected chi connectivity index (χ0v) is 11.0. The highest BCUT2D eigenvalue weighted by atomic mass is 32.2. The fourth-order valence-electron chi connectivity index (χ4n) is 1.35. The van der Waals surface area contributed by atoms with Crippen molar-refractivity contribution in [3.05, 3.63) is 30.4 Å². The second-order valence-electron chi connectivity index (χ2n) is 3.38. The third-order valence-electron chi connectivity index (χ3n) is 2.14. The van der Waals surface area contributed by atoms with E-state index in [0.29, 0.717) is 5.56 Å². The molecule has 5 nitrogen and oxygen atoms in total. The van der Waals surface area contributed by atoms with E-state index in [1.807, 2.05) is 0 Å². The van der Waals surface area contributed by atoms with Gasteiger partial charge in [0, 0.05) is 6.08 Å². The Bertz CT molecular complexity index is 538. The van der Waals surface area contributed by atoms with Gasteiger partial charge in [-0.25, -0.2) is 13.2 Å². The lowest BCUT2D eigenvalue weighted by Gasteiger charge is -2.13. The maximum atomic E-state index is 11.2. The summed E-state index contributed by atoms with van der Waals surface area (Å²) in [7, 11) is -2.83. The van der Waals surface area contributed by atoms with Gasteiger partial charge in [0.1, 0.15) is 4.90 Å². The minimum atomic E-state index is -2.83. The molecule has 0 unspecified atom stereocenters. The molecule has 0 aliphatic rings. The van der Waals surface area contributed by atoms with Gasteiger partial charge in [0.05, 0.1) is 6.61 Å². The quantitative estimate of drug-likeness (QED) is 0.379.